The zero-order chi connectivity index (χ0) is 15.3. The number of imidazole rings is 1. The second-order valence-corrected chi connectivity index (χ2v) is 6.21. The van der Waals surface area contributed by atoms with Crippen molar-refractivity contribution >= 4 is 28.8 Å². The van der Waals surface area contributed by atoms with Crippen molar-refractivity contribution in [2.75, 3.05) is 0 Å². The van der Waals surface area contributed by atoms with Gasteiger partial charge in [-0.3, -0.25) is 0 Å². The van der Waals surface area contributed by atoms with Gasteiger partial charge in [0, 0.05) is 18.0 Å². The van der Waals surface area contributed by atoms with E-state index in [-0.39, 0.29) is 0 Å². The summed E-state index contributed by atoms with van der Waals surface area (Å²) < 4.78 is 1.71. The maximum atomic E-state index is 8.95. The Bertz CT molecular complexity index is 926. The van der Waals surface area contributed by atoms with E-state index >= 15 is 0 Å². The van der Waals surface area contributed by atoms with E-state index in [1.54, 1.807) is 23.0 Å². The zero-order valence-corrected chi connectivity index (χ0v) is 12.9. The highest BCUT2D eigenvalue weighted by Crippen LogP contribution is 2.55. The van der Waals surface area contributed by atoms with Crippen LogP contribution in [0, 0.1) is 11.3 Å². The summed E-state index contributed by atoms with van der Waals surface area (Å²) in [5.74, 6) is 0.735. The molecule has 1 aromatic carbocycles. The van der Waals surface area contributed by atoms with E-state index in [0.717, 1.165) is 23.2 Å². The van der Waals surface area contributed by atoms with Crippen molar-refractivity contribution in [1.82, 2.24) is 14.6 Å². The van der Waals surface area contributed by atoms with Crippen LogP contribution in [0.15, 0.2) is 36.7 Å². The van der Waals surface area contributed by atoms with Crippen molar-refractivity contribution in [2.24, 2.45) is 0 Å². The van der Waals surface area contributed by atoms with Crippen LogP contribution in [0.2, 0.25) is 10.2 Å². The first-order valence-corrected chi connectivity index (χ1v) is 7.62. The normalized spacial score (nSPS) is 20.0. The van der Waals surface area contributed by atoms with Crippen LogP contribution in [0.4, 0.5) is 0 Å². The molecule has 4 nitrogen and oxygen atoms in total. The van der Waals surface area contributed by atoms with Gasteiger partial charge in [0.2, 0.25) is 0 Å². The smallest absolute Gasteiger partial charge is 0.157 e. The van der Waals surface area contributed by atoms with Gasteiger partial charge in [0.05, 0.1) is 10.6 Å². The van der Waals surface area contributed by atoms with E-state index < -0.39 is 0 Å². The quantitative estimate of drug-likeness (QED) is 0.709. The summed E-state index contributed by atoms with van der Waals surface area (Å²) in [5, 5.41) is 14.1. The van der Waals surface area contributed by atoms with Gasteiger partial charge >= 0.3 is 0 Å². The fourth-order valence-corrected chi connectivity index (χ4v) is 3.37. The second-order valence-electron chi connectivity index (χ2n) is 5.42. The van der Waals surface area contributed by atoms with E-state index in [2.05, 4.69) is 16.2 Å². The molecule has 2 atom stereocenters. The van der Waals surface area contributed by atoms with Gasteiger partial charge in [-0.2, -0.15) is 10.4 Å². The minimum Gasteiger partial charge on any atom is -0.235 e. The molecule has 0 spiro atoms. The third-order valence-electron chi connectivity index (χ3n) is 4.09. The fraction of sp³-hybridized carbons (Fsp3) is 0.188. The first-order valence-electron chi connectivity index (χ1n) is 6.86. The van der Waals surface area contributed by atoms with Gasteiger partial charge in [0.25, 0.3) is 0 Å². The molecule has 1 aliphatic rings. The van der Waals surface area contributed by atoms with Crippen LogP contribution in [0.1, 0.15) is 34.9 Å². The molecule has 0 bridgehead atoms. The Morgan fingerprint density at radius 1 is 1.23 bits per heavy atom. The number of nitrogens with zero attached hydrogens (tertiary/aromatic N) is 4. The van der Waals surface area contributed by atoms with Gasteiger partial charge in [-0.1, -0.05) is 29.3 Å². The highest BCUT2D eigenvalue weighted by molar-refractivity contribution is 6.31. The van der Waals surface area contributed by atoms with Crippen molar-refractivity contribution < 1.29 is 0 Å². The molecule has 22 heavy (non-hydrogen) atoms. The van der Waals surface area contributed by atoms with Gasteiger partial charge in [-0.25, -0.2) is 9.50 Å². The molecule has 6 heteroatoms. The first kappa shape index (κ1) is 13.6. The Morgan fingerprint density at radius 2 is 2.09 bits per heavy atom. The van der Waals surface area contributed by atoms with Gasteiger partial charge in [0.1, 0.15) is 11.2 Å². The summed E-state index contributed by atoms with van der Waals surface area (Å²) in [7, 11) is 0. The van der Waals surface area contributed by atoms with Crippen molar-refractivity contribution in [2.45, 2.75) is 18.3 Å². The molecule has 0 amide bonds. The largest absolute Gasteiger partial charge is 0.235 e. The summed E-state index contributed by atoms with van der Waals surface area (Å²) in [4.78, 5) is 4.37. The molecule has 1 saturated carbocycles. The number of hydrogen-bond acceptors (Lipinski definition) is 3. The monoisotopic (exact) mass is 328 g/mol. The molecule has 1 unspecified atom stereocenters. The molecule has 1 fully saturated rings. The predicted octanol–water partition coefficient (Wildman–Crippen LogP) is 4.18. The third-order valence-corrected chi connectivity index (χ3v) is 4.59. The van der Waals surface area contributed by atoms with Crippen LogP contribution in [-0.2, 0) is 0 Å². The number of halogens is 2. The predicted molar refractivity (Wildman–Crippen MR) is 84.3 cm³/mol. The van der Waals surface area contributed by atoms with E-state index in [1.165, 1.54) is 0 Å². The number of rotatable bonds is 2. The van der Waals surface area contributed by atoms with Crippen LogP contribution in [0.25, 0.3) is 5.65 Å². The molecule has 2 aromatic heterocycles. The minimum absolute atomic E-state index is 0.356. The lowest BCUT2D eigenvalue weighted by Crippen LogP contribution is -1.96. The Morgan fingerprint density at radius 3 is 2.86 bits per heavy atom. The minimum atomic E-state index is 0.356. The average Bonchev–Trinajstić information content (AvgIpc) is 3.16. The molecular formula is C16H10Cl2N4. The van der Waals surface area contributed by atoms with E-state index in [1.807, 2.05) is 18.2 Å². The van der Waals surface area contributed by atoms with Gasteiger partial charge in [-0.15, -0.1) is 0 Å². The topological polar surface area (TPSA) is 54.0 Å². The van der Waals surface area contributed by atoms with Gasteiger partial charge in [-0.05, 0) is 42.0 Å². The van der Waals surface area contributed by atoms with E-state index in [0.29, 0.717) is 27.6 Å². The van der Waals surface area contributed by atoms with Crippen LogP contribution in [0.3, 0.4) is 0 Å². The lowest BCUT2D eigenvalue weighted by atomic mass is 10.0. The Hall–Kier alpha value is -2.09. The zero-order valence-electron chi connectivity index (χ0n) is 11.4. The van der Waals surface area contributed by atoms with Crippen molar-refractivity contribution in [3.8, 4) is 6.07 Å². The molecule has 3 aromatic rings. The van der Waals surface area contributed by atoms with Crippen molar-refractivity contribution in [1.29, 1.82) is 5.26 Å². The first-order chi connectivity index (χ1) is 10.7. The van der Waals surface area contributed by atoms with Crippen LogP contribution in [-0.4, -0.2) is 14.6 Å². The molecule has 0 N–H and O–H groups in total. The number of hydrogen-bond donors (Lipinski definition) is 0. The lowest BCUT2D eigenvalue weighted by Gasteiger charge is -2.05. The molecule has 108 valence electrons. The Balaban J connectivity index is 1.70. The summed E-state index contributed by atoms with van der Waals surface area (Å²) in [5.41, 5.74) is 3.60. The summed E-state index contributed by atoms with van der Waals surface area (Å²) in [6.45, 7) is 0. The van der Waals surface area contributed by atoms with E-state index in [9.17, 15) is 0 Å². The third kappa shape index (κ3) is 2.14. The van der Waals surface area contributed by atoms with Crippen LogP contribution >= 0.6 is 23.2 Å². The maximum absolute atomic E-state index is 8.95. The molecule has 0 saturated heterocycles. The summed E-state index contributed by atoms with van der Waals surface area (Å²) >= 11 is 12.2. The standard InChI is InChI=1S/C16H10Cl2N4/c17-14-5-9(1-2-10(14)8-19)11-6-12(11)13-7-15(18)21-22-4-3-20-16(13)22/h1-5,7,11-12H,6H2/t11-,12?/m1/s1. The lowest BCUT2D eigenvalue weighted by molar-refractivity contribution is 0.906. The number of nitriles is 1. The fourth-order valence-electron chi connectivity index (χ4n) is 2.94. The van der Waals surface area contributed by atoms with Crippen molar-refractivity contribution in [3.05, 3.63) is 63.5 Å². The number of aromatic nitrogens is 3. The summed E-state index contributed by atoms with van der Waals surface area (Å²) in [6, 6.07) is 9.60. The second kappa shape index (κ2) is 4.98. The molecule has 1 aliphatic carbocycles. The van der Waals surface area contributed by atoms with Gasteiger partial charge < -0.3 is 0 Å². The van der Waals surface area contributed by atoms with E-state index in [4.69, 9.17) is 28.5 Å². The number of benzene rings is 1. The molecular weight excluding hydrogens is 319 g/mol. The molecule has 2 heterocycles. The number of fused-ring (bicyclic) bond motifs is 1. The average molecular weight is 329 g/mol. The molecule has 0 aliphatic heterocycles. The Kier molecular flexibility index (Phi) is 3.07. The highest BCUT2D eigenvalue weighted by atomic mass is 35.5. The van der Waals surface area contributed by atoms with Gasteiger partial charge in [0.15, 0.2) is 5.65 Å². The molecule has 0 radical (unpaired) electrons. The van der Waals surface area contributed by atoms with Crippen LogP contribution < -0.4 is 0 Å². The van der Waals surface area contributed by atoms with Crippen LogP contribution in [0.5, 0.6) is 0 Å². The highest BCUT2D eigenvalue weighted by Gasteiger charge is 2.41. The molecule has 4 rings (SSSR count). The van der Waals surface area contributed by atoms with Crippen molar-refractivity contribution in [3.63, 3.8) is 0 Å². The Labute approximate surface area is 136 Å². The summed E-state index contributed by atoms with van der Waals surface area (Å²) in [6.07, 6.45) is 4.53. The maximum Gasteiger partial charge on any atom is 0.157 e. The SMILES string of the molecule is N#Cc1ccc([C@H]2CC2c2cc(Cl)nn3ccnc23)cc1Cl.